The Morgan fingerprint density at radius 1 is 1.10 bits per heavy atom. The third-order valence-corrected chi connectivity index (χ3v) is 3.84. The zero-order chi connectivity index (χ0) is 14.4. The van der Waals surface area contributed by atoms with Crippen molar-refractivity contribution in [2.75, 3.05) is 0 Å². The Balaban J connectivity index is 2.01. The van der Waals surface area contributed by atoms with Gasteiger partial charge in [-0.1, -0.05) is 0 Å². The first-order chi connectivity index (χ1) is 10.3. The molecule has 4 aromatic rings. The number of carbonyl (C=O) groups excluding carboxylic acids is 1. The predicted octanol–water partition coefficient (Wildman–Crippen LogP) is 3.80. The van der Waals surface area contributed by atoms with Crippen LogP contribution in [0.2, 0.25) is 0 Å². The van der Waals surface area contributed by atoms with Gasteiger partial charge in [-0.2, -0.15) is 0 Å². The summed E-state index contributed by atoms with van der Waals surface area (Å²) < 4.78 is 7.62. The van der Waals surface area contributed by atoms with E-state index < -0.39 is 0 Å². The molecule has 0 spiro atoms. The number of rotatable bonds is 2. The van der Waals surface area contributed by atoms with Crippen molar-refractivity contribution >= 4 is 28.1 Å². The molecule has 0 saturated carbocycles. The van der Waals surface area contributed by atoms with E-state index in [4.69, 9.17) is 4.42 Å². The van der Waals surface area contributed by atoms with Crippen LogP contribution >= 0.6 is 0 Å². The second-order valence-corrected chi connectivity index (χ2v) is 5.00. The molecule has 4 heteroatoms. The van der Waals surface area contributed by atoms with Gasteiger partial charge >= 0.3 is 0 Å². The van der Waals surface area contributed by atoms with Gasteiger partial charge in [0.25, 0.3) is 0 Å². The van der Waals surface area contributed by atoms with E-state index in [0.29, 0.717) is 17.8 Å². The van der Waals surface area contributed by atoms with Crippen molar-refractivity contribution in [3.05, 3.63) is 54.6 Å². The number of pyridine rings is 1. The second kappa shape index (κ2) is 4.31. The standard InChI is InChI=1S/C17H12N2O2/c1-19-15-4-2-11(17-5-3-12(10-20)21-17)8-14(15)13-6-7-18-9-16(13)19/h2-10H,1H3. The summed E-state index contributed by atoms with van der Waals surface area (Å²) in [4.78, 5) is 14.9. The van der Waals surface area contributed by atoms with Gasteiger partial charge in [0.05, 0.1) is 11.7 Å². The molecular formula is C17H12N2O2. The van der Waals surface area contributed by atoms with Gasteiger partial charge in [0.2, 0.25) is 0 Å². The quantitative estimate of drug-likeness (QED) is 0.523. The Morgan fingerprint density at radius 2 is 2.00 bits per heavy atom. The molecule has 0 fully saturated rings. The Kier molecular flexibility index (Phi) is 2.44. The zero-order valence-electron chi connectivity index (χ0n) is 11.4. The van der Waals surface area contributed by atoms with Crippen molar-refractivity contribution in [3.63, 3.8) is 0 Å². The average molecular weight is 276 g/mol. The van der Waals surface area contributed by atoms with Crippen molar-refractivity contribution in [2.45, 2.75) is 0 Å². The topological polar surface area (TPSA) is 48.0 Å². The van der Waals surface area contributed by atoms with Gasteiger partial charge in [-0.3, -0.25) is 9.78 Å². The van der Waals surface area contributed by atoms with E-state index in [-0.39, 0.29) is 0 Å². The molecule has 4 nitrogen and oxygen atoms in total. The molecule has 1 aromatic carbocycles. The molecule has 0 saturated heterocycles. The fraction of sp³-hybridized carbons (Fsp3) is 0.0588. The van der Waals surface area contributed by atoms with E-state index >= 15 is 0 Å². The van der Waals surface area contributed by atoms with Crippen LogP contribution in [0, 0.1) is 0 Å². The van der Waals surface area contributed by atoms with Gasteiger partial charge in [-0.15, -0.1) is 0 Å². The van der Waals surface area contributed by atoms with Gasteiger partial charge in [0.15, 0.2) is 12.0 Å². The number of hydrogen-bond donors (Lipinski definition) is 0. The number of nitrogens with zero attached hydrogens (tertiary/aromatic N) is 2. The summed E-state index contributed by atoms with van der Waals surface area (Å²) in [5.74, 6) is 1.04. The molecule has 0 aliphatic heterocycles. The van der Waals surface area contributed by atoms with E-state index in [0.717, 1.165) is 27.4 Å². The molecule has 0 amide bonds. The van der Waals surface area contributed by atoms with Crippen LogP contribution in [0.15, 0.2) is 53.2 Å². The minimum Gasteiger partial charge on any atom is -0.453 e. The molecule has 21 heavy (non-hydrogen) atoms. The lowest BCUT2D eigenvalue weighted by atomic mass is 10.1. The monoisotopic (exact) mass is 276 g/mol. The highest BCUT2D eigenvalue weighted by Gasteiger charge is 2.11. The molecule has 0 unspecified atom stereocenters. The Bertz CT molecular complexity index is 979. The highest BCUT2D eigenvalue weighted by Crippen LogP contribution is 2.31. The fourth-order valence-corrected chi connectivity index (χ4v) is 2.78. The fourth-order valence-electron chi connectivity index (χ4n) is 2.78. The first-order valence-electron chi connectivity index (χ1n) is 6.65. The maximum Gasteiger partial charge on any atom is 0.185 e. The van der Waals surface area contributed by atoms with Crippen molar-refractivity contribution in [3.8, 4) is 11.3 Å². The zero-order valence-corrected chi connectivity index (χ0v) is 11.4. The van der Waals surface area contributed by atoms with E-state index in [9.17, 15) is 4.79 Å². The molecular weight excluding hydrogens is 264 g/mol. The lowest BCUT2D eigenvalue weighted by Gasteiger charge is -2.00. The van der Waals surface area contributed by atoms with E-state index in [1.54, 1.807) is 12.3 Å². The van der Waals surface area contributed by atoms with Gasteiger partial charge < -0.3 is 8.98 Å². The first kappa shape index (κ1) is 11.9. The number of fused-ring (bicyclic) bond motifs is 3. The maximum atomic E-state index is 10.7. The number of furan rings is 1. The lowest BCUT2D eigenvalue weighted by molar-refractivity contribution is 0.110. The minimum absolute atomic E-state index is 0.340. The Labute approximate surface area is 120 Å². The van der Waals surface area contributed by atoms with Crippen LogP contribution in [0.1, 0.15) is 10.6 Å². The Hall–Kier alpha value is -2.88. The number of hydrogen-bond acceptors (Lipinski definition) is 3. The summed E-state index contributed by atoms with van der Waals surface area (Å²) in [6.07, 6.45) is 4.38. The maximum absolute atomic E-state index is 10.7. The summed E-state index contributed by atoms with van der Waals surface area (Å²) in [6.45, 7) is 0. The molecule has 0 aliphatic carbocycles. The second-order valence-electron chi connectivity index (χ2n) is 5.00. The Morgan fingerprint density at radius 3 is 2.81 bits per heavy atom. The largest absolute Gasteiger partial charge is 0.453 e. The third-order valence-electron chi connectivity index (χ3n) is 3.84. The highest BCUT2D eigenvalue weighted by atomic mass is 16.3. The van der Waals surface area contributed by atoms with Crippen LogP contribution in [0.3, 0.4) is 0 Å². The smallest absolute Gasteiger partial charge is 0.185 e. The summed E-state index contributed by atoms with van der Waals surface area (Å²) in [5.41, 5.74) is 3.20. The van der Waals surface area contributed by atoms with Gasteiger partial charge in [-0.25, -0.2) is 0 Å². The molecule has 0 aliphatic rings. The highest BCUT2D eigenvalue weighted by molar-refractivity contribution is 6.08. The molecule has 0 radical (unpaired) electrons. The summed E-state index contributed by atoms with van der Waals surface area (Å²) in [5, 5.41) is 2.31. The molecule has 102 valence electrons. The lowest BCUT2D eigenvalue weighted by Crippen LogP contribution is -1.86. The molecule has 0 atom stereocenters. The van der Waals surface area contributed by atoms with Gasteiger partial charge in [0.1, 0.15) is 5.76 Å². The predicted molar refractivity (Wildman–Crippen MR) is 81.3 cm³/mol. The normalized spacial score (nSPS) is 11.3. The average Bonchev–Trinajstić information content (AvgIpc) is 3.12. The number of aldehydes is 1. The van der Waals surface area contributed by atoms with Crippen molar-refractivity contribution < 1.29 is 9.21 Å². The summed E-state index contributed by atoms with van der Waals surface area (Å²) in [7, 11) is 2.03. The van der Waals surface area contributed by atoms with E-state index in [1.165, 1.54) is 0 Å². The van der Waals surface area contributed by atoms with Crippen LogP contribution in [0.4, 0.5) is 0 Å². The summed E-state index contributed by atoms with van der Waals surface area (Å²) >= 11 is 0. The first-order valence-corrected chi connectivity index (χ1v) is 6.65. The van der Waals surface area contributed by atoms with Crippen LogP contribution < -0.4 is 0 Å². The van der Waals surface area contributed by atoms with E-state index in [2.05, 4.69) is 21.7 Å². The van der Waals surface area contributed by atoms with Crippen LogP contribution in [-0.4, -0.2) is 15.8 Å². The SMILES string of the molecule is Cn1c2ccc(-c3ccc(C=O)o3)cc2c2ccncc21. The van der Waals surface area contributed by atoms with Crippen molar-refractivity contribution in [1.29, 1.82) is 0 Å². The van der Waals surface area contributed by atoms with E-state index in [1.807, 2.05) is 31.4 Å². The molecule has 0 bridgehead atoms. The number of aromatic nitrogens is 2. The molecule has 0 N–H and O–H groups in total. The number of aryl methyl sites for hydroxylation is 1. The molecule has 3 heterocycles. The number of carbonyl (C=O) groups is 1. The van der Waals surface area contributed by atoms with Crippen LogP contribution in [0.5, 0.6) is 0 Å². The van der Waals surface area contributed by atoms with Crippen LogP contribution in [0.25, 0.3) is 33.1 Å². The molecule has 3 aromatic heterocycles. The summed E-state index contributed by atoms with van der Waals surface area (Å²) in [6, 6.07) is 11.7. The van der Waals surface area contributed by atoms with Crippen molar-refractivity contribution in [1.82, 2.24) is 9.55 Å². The number of benzene rings is 1. The van der Waals surface area contributed by atoms with Gasteiger partial charge in [0, 0.05) is 35.1 Å². The van der Waals surface area contributed by atoms with Crippen LogP contribution in [-0.2, 0) is 7.05 Å². The minimum atomic E-state index is 0.340. The molecule has 4 rings (SSSR count). The third kappa shape index (κ3) is 1.69. The van der Waals surface area contributed by atoms with Gasteiger partial charge in [-0.05, 0) is 36.4 Å². The van der Waals surface area contributed by atoms with Crippen molar-refractivity contribution in [2.24, 2.45) is 7.05 Å².